The molecule has 0 bridgehead atoms. The second-order valence-corrected chi connectivity index (χ2v) is 4.79. The van der Waals surface area contributed by atoms with Crippen molar-refractivity contribution in [3.8, 4) is 0 Å². The van der Waals surface area contributed by atoms with Crippen LogP contribution in [0.15, 0.2) is 0 Å². The fourth-order valence-corrected chi connectivity index (χ4v) is 2.38. The minimum absolute atomic E-state index is 0.316. The largest absolute Gasteiger partial charge is 0.340 e. The zero-order valence-electron chi connectivity index (χ0n) is 11.0. The molecule has 1 aliphatic rings. The van der Waals surface area contributed by atoms with Crippen LogP contribution in [-0.4, -0.2) is 36.0 Å². The van der Waals surface area contributed by atoms with E-state index in [0.717, 1.165) is 25.9 Å². The summed E-state index contributed by atoms with van der Waals surface area (Å²) in [6.07, 6.45) is 5.40. The van der Waals surface area contributed by atoms with Crippen LogP contribution in [0, 0.1) is 0 Å². The molecule has 94 valence electrons. The molecule has 16 heavy (non-hydrogen) atoms. The molecule has 3 heteroatoms. The molecule has 0 aromatic rings. The normalized spacial score (nSPS) is 22.8. The average Bonchev–Trinajstić information content (AvgIpc) is 2.31. The van der Waals surface area contributed by atoms with Gasteiger partial charge < -0.3 is 10.2 Å². The van der Waals surface area contributed by atoms with Crippen LogP contribution in [0.5, 0.6) is 0 Å². The summed E-state index contributed by atoms with van der Waals surface area (Å²) in [5.74, 6) is 0.316. The van der Waals surface area contributed by atoms with Crippen LogP contribution in [0.4, 0.5) is 0 Å². The average molecular weight is 226 g/mol. The summed E-state index contributed by atoms with van der Waals surface area (Å²) in [5, 5.41) is 3.44. The zero-order valence-corrected chi connectivity index (χ0v) is 11.0. The Bertz CT molecular complexity index is 212. The Hall–Kier alpha value is -0.570. The van der Waals surface area contributed by atoms with Gasteiger partial charge in [-0.1, -0.05) is 13.3 Å². The second-order valence-electron chi connectivity index (χ2n) is 4.79. The molecule has 3 nitrogen and oxygen atoms in total. The van der Waals surface area contributed by atoms with Crippen molar-refractivity contribution in [2.45, 2.75) is 65.0 Å². The molecular formula is C13H26N2O. The van der Waals surface area contributed by atoms with Crippen molar-refractivity contribution < 1.29 is 4.79 Å². The van der Waals surface area contributed by atoms with E-state index in [-0.39, 0.29) is 0 Å². The van der Waals surface area contributed by atoms with Gasteiger partial charge in [-0.05, 0) is 39.7 Å². The summed E-state index contributed by atoms with van der Waals surface area (Å²) in [7, 11) is 0. The fraction of sp³-hybridized carbons (Fsp3) is 0.923. The molecule has 1 saturated heterocycles. The molecule has 2 unspecified atom stereocenters. The van der Waals surface area contributed by atoms with Gasteiger partial charge >= 0.3 is 0 Å². The molecule has 0 aliphatic carbocycles. The number of carbonyl (C=O) groups is 1. The van der Waals surface area contributed by atoms with Crippen LogP contribution in [0.2, 0.25) is 0 Å². The smallest absolute Gasteiger partial charge is 0.224 e. The molecule has 0 saturated carbocycles. The summed E-state index contributed by atoms with van der Waals surface area (Å²) < 4.78 is 0. The van der Waals surface area contributed by atoms with E-state index in [1.807, 2.05) is 4.90 Å². The van der Waals surface area contributed by atoms with E-state index in [0.29, 0.717) is 24.4 Å². The number of carbonyl (C=O) groups excluding carboxylic acids is 1. The second kappa shape index (κ2) is 6.89. The molecule has 0 radical (unpaired) electrons. The van der Waals surface area contributed by atoms with Gasteiger partial charge in [0.15, 0.2) is 0 Å². The summed E-state index contributed by atoms with van der Waals surface area (Å²) in [5.41, 5.74) is 0. The zero-order chi connectivity index (χ0) is 12.0. The third-order valence-corrected chi connectivity index (χ3v) is 3.62. The minimum atomic E-state index is 0.316. The SMILES string of the molecule is CCC(C)N(CC)C(=O)CC1CCCCN1. The van der Waals surface area contributed by atoms with Gasteiger partial charge in [0.2, 0.25) is 5.91 Å². The Morgan fingerprint density at radius 2 is 2.19 bits per heavy atom. The van der Waals surface area contributed by atoms with E-state index in [9.17, 15) is 4.79 Å². The lowest BCUT2D eigenvalue weighted by Crippen LogP contribution is -2.43. The minimum Gasteiger partial charge on any atom is -0.340 e. The van der Waals surface area contributed by atoms with E-state index in [1.54, 1.807) is 0 Å². The highest BCUT2D eigenvalue weighted by molar-refractivity contribution is 5.77. The molecule has 0 spiro atoms. The number of nitrogens with zero attached hydrogens (tertiary/aromatic N) is 1. The highest BCUT2D eigenvalue weighted by Gasteiger charge is 2.22. The fourth-order valence-electron chi connectivity index (χ4n) is 2.38. The Morgan fingerprint density at radius 1 is 1.44 bits per heavy atom. The van der Waals surface area contributed by atoms with Gasteiger partial charge in [-0.25, -0.2) is 0 Å². The Kier molecular flexibility index (Phi) is 5.81. The van der Waals surface area contributed by atoms with Crippen LogP contribution in [-0.2, 0) is 4.79 Å². The number of rotatable bonds is 5. The van der Waals surface area contributed by atoms with E-state index in [2.05, 4.69) is 26.1 Å². The number of piperidine rings is 1. The first-order valence-corrected chi connectivity index (χ1v) is 6.71. The highest BCUT2D eigenvalue weighted by atomic mass is 16.2. The number of amides is 1. The molecule has 0 aromatic carbocycles. The maximum atomic E-state index is 12.1. The van der Waals surface area contributed by atoms with Gasteiger partial charge in [0.1, 0.15) is 0 Å². The predicted octanol–water partition coefficient (Wildman–Crippen LogP) is 2.17. The van der Waals surface area contributed by atoms with Gasteiger partial charge in [0.05, 0.1) is 0 Å². The highest BCUT2D eigenvalue weighted by Crippen LogP contribution is 2.13. The number of hydrogen-bond donors (Lipinski definition) is 1. The van der Waals surface area contributed by atoms with Gasteiger partial charge in [-0.3, -0.25) is 4.79 Å². The van der Waals surface area contributed by atoms with Crippen LogP contribution in [0.25, 0.3) is 0 Å². The molecular weight excluding hydrogens is 200 g/mol. The quantitative estimate of drug-likeness (QED) is 0.779. The Balaban J connectivity index is 2.41. The summed E-state index contributed by atoms with van der Waals surface area (Å²) in [6.45, 7) is 8.25. The molecule has 2 atom stereocenters. The monoisotopic (exact) mass is 226 g/mol. The molecule has 1 N–H and O–H groups in total. The lowest BCUT2D eigenvalue weighted by atomic mass is 10.0. The van der Waals surface area contributed by atoms with Crippen molar-refractivity contribution in [2.24, 2.45) is 0 Å². The van der Waals surface area contributed by atoms with Gasteiger partial charge in [-0.15, -0.1) is 0 Å². The topological polar surface area (TPSA) is 32.3 Å². The molecule has 1 heterocycles. The number of nitrogens with one attached hydrogen (secondary N) is 1. The van der Waals surface area contributed by atoms with Crippen LogP contribution >= 0.6 is 0 Å². The lowest BCUT2D eigenvalue weighted by Gasteiger charge is -2.30. The van der Waals surface area contributed by atoms with E-state index >= 15 is 0 Å². The van der Waals surface area contributed by atoms with Crippen molar-refractivity contribution in [3.63, 3.8) is 0 Å². The molecule has 0 aromatic heterocycles. The van der Waals surface area contributed by atoms with Crippen molar-refractivity contribution in [1.82, 2.24) is 10.2 Å². The summed E-state index contributed by atoms with van der Waals surface area (Å²) >= 11 is 0. The number of hydrogen-bond acceptors (Lipinski definition) is 2. The Labute approximate surface area is 99.6 Å². The van der Waals surface area contributed by atoms with E-state index < -0.39 is 0 Å². The maximum Gasteiger partial charge on any atom is 0.224 e. The predicted molar refractivity (Wildman–Crippen MR) is 67.4 cm³/mol. The van der Waals surface area contributed by atoms with Gasteiger partial charge in [0, 0.05) is 25.0 Å². The molecule has 1 rings (SSSR count). The third-order valence-electron chi connectivity index (χ3n) is 3.62. The van der Waals surface area contributed by atoms with Crippen LogP contribution < -0.4 is 5.32 Å². The van der Waals surface area contributed by atoms with Crippen molar-refractivity contribution in [2.75, 3.05) is 13.1 Å². The first-order valence-electron chi connectivity index (χ1n) is 6.71. The van der Waals surface area contributed by atoms with Crippen LogP contribution in [0.3, 0.4) is 0 Å². The van der Waals surface area contributed by atoms with Crippen molar-refractivity contribution in [3.05, 3.63) is 0 Å². The van der Waals surface area contributed by atoms with E-state index in [1.165, 1.54) is 12.8 Å². The van der Waals surface area contributed by atoms with Gasteiger partial charge in [0.25, 0.3) is 0 Å². The van der Waals surface area contributed by atoms with Crippen molar-refractivity contribution >= 4 is 5.91 Å². The Morgan fingerprint density at radius 3 is 2.69 bits per heavy atom. The van der Waals surface area contributed by atoms with E-state index in [4.69, 9.17) is 0 Å². The summed E-state index contributed by atoms with van der Waals surface area (Å²) in [4.78, 5) is 14.1. The third kappa shape index (κ3) is 3.78. The first kappa shape index (κ1) is 13.5. The van der Waals surface area contributed by atoms with Crippen LogP contribution in [0.1, 0.15) is 52.9 Å². The lowest BCUT2D eigenvalue weighted by molar-refractivity contribution is -0.133. The first-order chi connectivity index (χ1) is 7.69. The molecule has 1 aliphatic heterocycles. The van der Waals surface area contributed by atoms with Gasteiger partial charge in [-0.2, -0.15) is 0 Å². The molecule has 1 amide bonds. The standard InChI is InChI=1S/C13H26N2O/c1-4-11(3)15(5-2)13(16)10-12-8-6-7-9-14-12/h11-12,14H,4-10H2,1-3H3. The van der Waals surface area contributed by atoms with Crippen molar-refractivity contribution in [1.29, 1.82) is 0 Å². The summed E-state index contributed by atoms with van der Waals surface area (Å²) in [6, 6.07) is 0.792. The molecule has 1 fully saturated rings. The maximum absolute atomic E-state index is 12.1.